The minimum Gasteiger partial charge on any atom is -0.310 e. The van der Waals surface area contributed by atoms with Gasteiger partial charge in [-0.25, -0.2) is 0 Å². The molecule has 1 aromatic rings. The lowest BCUT2D eigenvalue weighted by molar-refractivity contribution is 0.127. The highest BCUT2D eigenvalue weighted by Crippen LogP contribution is 2.18. The Kier molecular flexibility index (Phi) is 6.22. The third kappa shape index (κ3) is 5.10. The maximum atomic E-state index is 3.54. The SMILES string of the molecule is CC(C)NCc1ccccc1CN1CCCC(N(C)C)C1. The van der Waals surface area contributed by atoms with E-state index < -0.39 is 0 Å². The quantitative estimate of drug-likeness (QED) is 0.869. The summed E-state index contributed by atoms with van der Waals surface area (Å²) < 4.78 is 0. The van der Waals surface area contributed by atoms with Crippen molar-refractivity contribution in [2.45, 2.75) is 51.9 Å². The fourth-order valence-corrected chi connectivity index (χ4v) is 3.04. The zero-order valence-corrected chi connectivity index (χ0v) is 14.1. The highest BCUT2D eigenvalue weighted by molar-refractivity contribution is 5.27. The molecule has 3 nitrogen and oxygen atoms in total. The van der Waals surface area contributed by atoms with Crippen LogP contribution in [0.1, 0.15) is 37.8 Å². The van der Waals surface area contributed by atoms with Crippen LogP contribution in [0, 0.1) is 0 Å². The molecule has 0 amide bonds. The first-order valence-electron chi connectivity index (χ1n) is 8.25. The topological polar surface area (TPSA) is 18.5 Å². The standard InChI is InChI=1S/C18H31N3/c1-15(2)19-12-16-8-5-6-9-17(16)13-21-11-7-10-18(14-21)20(3)4/h5-6,8-9,15,18-19H,7,10-14H2,1-4H3. The normalized spacial score (nSPS) is 20.4. The lowest BCUT2D eigenvalue weighted by Gasteiger charge is -2.36. The van der Waals surface area contributed by atoms with E-state index in [1.165, 1.54) is 37.1 Å². The molecule has 0 bridgehead atoms. The summed E-state index contributed by atoms with van der Waals surface area (Å²) in [5.74, 6) is 0. The van der Waals surface area contributed by atoms with E-state index in [4.69, 9.17) is 0 Å². The van der Waals surface area contributed by atoms with Gasteiger partial charge in [0, 0.05) is 31.7 Å². The van der Waals surface area contributed by atoms with E-state index in [2.05, 4.69) is 67.3 Å². The van der Waals surface area contributed by atoms with Crippen molar-refractivity contribution in [3.8, 4) is 0 Å². The number of nitrogens with one attached hydrogen (secondary N) is 1. The molecule has 1 aliphatic heterocycles. The van der Waals surface area contributed by atoms with E-state index in [1.54, 1.807) is 0 Å². The van der Waals surface area contributed by atoms with Gasteiger partial charge in [-0.15, -0.1) is 0 Å². The molecule has 0 radical (unpaired) electrons. The van der Waals surface area contributed by atoms with Gasteiger partial charge in [0.2, 0.25) is 0 Å². The van der Waals surface area contributed by atoms with Crippen LogP contribution < -0.4 is 5.32 Å². The molecule has 1 atom stereocenters. The summed E-state index contributed by atoms with van der Waals surface area (Å²) in [6.45, 7) is 8.89. The summed E-state index contributed by atoms with van der Waals surface area (Å²) in [5.41, 5.74) is 2.92. The Hall–Kier alpha value is -0.900. The molecule has 3 heteroatoms. The van der Waals surface area contributed by atoms with Crippen molar-refractivity contribution in [1.82, 2.24) is 15.1 Å². The van der Waals surface area contributed by atoms with E-state index in [0.717, 1.165) is 13.1 Å². The highest BCUT2D eigenvalue weighted by atomic mass is 15.2. The molecule has 1 N–H and O–H groups in total. The van der Waals surface area contributed by atoms with Gasteiger partial charge in [-0.2, -0.15) is 0 Å². The zero-order valence-electron chi connectivity index (χ0n) is 14.1. The molecular weight excluding hydrogens is 258 g/mol. The third-order valence-electron chi connectivity index (χ3n) is 4.42. The van der Waals surface area contributed by atoms with E-state index in [0.29, 0.717) is 12.1 Å². The van der Waals surface area contributed by atoms with E-state index in [1.807, 2.05) is 0 Å². The first-order valence-corrected chi connectivity index (χ1v) is 8.25. The second-order valence-electron chi connectivity index (χ2n) is 6.80. The lowest BCUT2D eigenvalue weighted by atomic mass is 10.0. The van der Waals surface area contributed by atoms with Crippen molar-refractivity contribution in [2.75, 3.05) is 27.2 Å². The van der Waals surface area contributed by atoms with Gasteiger partial charge in [-0.3, -0.25) is 4.90 Å². The fraction of sp³-hybridized carbons (Fsp3) is 0.667. The first kappa shape index (κ1) is 16.5. The number of nitrogens with zero attached hydrogens (tertiary/aromatic N) is 2. The second-order valence-corrected chi connectivity index (χ2v) is 6.80. The number of benzene rings is 1. The highest BCUT2D eigenvalue weighted by Gasteiger charge is 2.21. The maximum Gasteiger partial charge on any atom is 0.0237 e. The van der Waals surface area contributed by atoms with Crippen LogP contribution in [-0.4, -0.2) is 49.1 Å². The second kappa shape index (κ2) is 7.92. The third-order valence-corrected chi connectivity index (χ3v) is 4.42. The van der Waals surface area contributed by atoms with Gasteiger partial charge in [-0.1, -0.05) is 38.1 Å². The van der Waals surface area contributed by atoms with Crippen LogP contribution in [-0.2, 0) is 13.1 Å². The van der Waals surface area contributed by atoms with Crippen LogP contribution >= 0.6 is 0 Å². The average Bonchev–Trinajstić information content (AvgIpc) is 2.46. The number of rotatable bonds is 6. The van der Waals surface area contributed by atoms with Crippen molar-refractivity contribution >= 4 is 0 Å². The van der Waals surface area contributed by atoms with Gasteiger partial charge in [-0.05, 0) is 44.6 Å². The lowest BCUT2D eigenvalue weighted by Crippen LogP contribution is -2.44. The van der Waals surface area contributed by atoms with Crippen LogP contribution in [0.15, 0.2) is 24.3 Å². The predicted octanol–water partition coefficient (Wildman–Crippen LogP) is 2.71. The van der Waals surface area contributed by atoms with Crippen LogP contribution in [0.4, 0.5) is 0 Å². The van der Waals surface area contributed by atoms with Crippen molar-refractivity contribution in [3.63, 3.8) is 0 Å². The van der Waals surface area contributed by atoms with Crippen LogP contribution in [0.3, 0.4) is 0 Å². The van der Waals surface area contributed by atoms with Crippen molar-refractivity contribution in [3.05, 3.63) is 35.4 Å². The minimum atomic E-state index is 0.533. The zero-order chi connectivity index (χ0) is 15.2. The van der Waals surface area contributed by atoms with Crippen LogP contribution in [0.2, 0.25) is 0 Å². The van der Waals surface area contributed by atoms with E-state index in [9.17, 15) is 0 Å². The Morgan fingerprint density at radius 2 is 1.95 bits per heavy atom. The van der Waals surface area contributed by atoms with Crippen LogP contribution in [0.5, 0.6) is 0 Å². The Morgan fingerprint density at radius 3 is 2.62 bits per heavy atom. The van der Waals surface area contributed by atoms with Gasteiger partial charge in [0.1, 0.15) is 0 Å². The Bertz CT molecular complexity index is 428. The number of piperidine rings is 1. The molecule has 0 spiro atoms. The van der Waals surface area contributed by atoms with Crippen molar-refractivity contribution < 1.29 is 0 Å². The monoisotopic (exact) mass is 289 g/mol. The average molecular weight is 289 g/mol. The van der Waals surface area contributed by atoms with Gasteiger partial charge >= 0.3 is 0 Å². The summed E-state index contributed by atoms with van der Waals surface area (Å²) in [4.78, 5) is 4.99. The maximum absolute atomic E-state index is 3.54. The number of likely N-dealkylation sites (tertiary alicyclic amines) is 1. The van der Waals surface area contributed by atoms with Crippen molar-refractivity contribution in [1.29, 1.82) is 0 Å². The smallest absolute Gasteiger partial charge is 0.0237 e. The van der Waals surface area contributed by atoms with Gasteiger partial charge in [0.05, 0.1) is 0 Å². The molecule has 21 heavy (non-hydrogen) atoms. The minimum absolute atomic E-state index is 0.533. The molecule has 1 aromatic carbocycles. The van der Waals surface area contributed by atoms with E-state index >= 15 is 0 Å². The molecule has 1 aliphatic rings. The summed E-state index contributed by atoms with van der Waals surface area (Å²) >= 11 is 0. The summed E-state index contributed by atoms with van der Waals surface area (Å²) in [6, 6.07) is 10.1. The molecule has 0 aliphatic carbocycles. The fourth-order valence-electron chi connectivity index (χ4n) is 3.04. The molecule has 0 saturated carbocycles. The molecule has 1 fully saturated rings. The number of hydrogen-bond donors (Lipinski definition) is 1. The Balaban J connectivity index is 1.98. The molecule has 1 saturated heterocycles. The summed E-state index contributed by atoms with van der Waals surface area (Å²) in [5, 5.41) is 3.54. The Labute approximate surface area is 130 Å². The number of likely N-dealkylation sites (N-methyl/N-ethyl adjacent to an activating group) is 1. The molecule has 2 rings (SSSR count). The Morgan fingerprint density at radius 1 is 1.24 bits per heavy atom. The largest absolute Gasteiger partial charge is 0.310 e. The first-order chi connectivity index (χ1) is 10.1. The summed E-state index contributed by atoms with van der Waals surface area (Å²) in [7, 11) is 4.41. The van der Waals surface area contributed by atoms with Crippen molar-refractivity contribution in [2.24, 2.45) is 0 Å². The molecule has 1 heterocycles. The van der Waals surface area contributed by atoms with Gasteiger partial charge in [0.15, 0.2) is 0 Å². The summed E-state index contributed by atoms with van der Waals surface area (Å²) in [6.07, 6.45) is 2.65. The van der Waals surface area contributed by atoms with Gasteiger partial charge < -0.3 is 10.2 Å². The molecule has 0 aromatic heterocycles. The van der Waals surface area contributed by atoms with Crippen LogP contribution in [0.25, 0.3) is 0 Å². The van der Waals surface area contributed by atoms with E-state index in [-0.39, 0.29) is 0 Å². The predicted molar refractivity (Wildman–Crippen MR) is 90.4 cm³/mol. The van der Waals surface area contributed by atoms with Gasteiger partial charge in [0.25, 0.3) is 0 Å². The number of hydrogen-bond acceptors (Lipinski definition) is 3. The molecule has 1 unspecified atom stereocenters. The molecular formula is C18H31N3. The molecule has 118 valence electrons.